The molecule has 2 fully saturated rings. The summed E-state index contributed by atoms with van der Waals surface area (Å²) >= 11 is 0. The van der Waals surface area contributed by atoms with Crippen LogP contribution in [0.5, 0.6) is 0 Å². The fourth-order valence-electron chi connectivity index (χ4n) is 2.53. The molecule has 2 saturated heterocycles. The summed E-state index contributed by atoms with van der Waals surface area (Å²) in [7, 11) is 0. The molecule has 5 nitrogen and oxygen atoms in total. The lowest BCUT2D eigenvalue weighted by Crippen LogP contribution is -2.48. The van der Waals surface area contributed by atoms with Gasteiger partial charge in [0.25, 0.3) is 0 Å². The number of rotatable bonds is 4. The third kappa shape index (κ3) is 3.19. The van der Waals surface area contributed by atoms with Crippen LogP contribution < -0.4 is 10.6 Å². The van der Waals surface area contributed by atoms with E-state index < -0.39 is 0 Å². The second-order valence-corrected chi connectivity index (χ2v) is 5.00. The van der Waals surface area contributed by atoms with E-state index in [1.807, 2.05) is 11.8 Å². The smallest absolute Gasteiger partial charge is 0.237 e. The van der Waals surface area contributed by atoms with E-state index in [0.29, 0.717) is 13.0 Å². The summed E-state index contributed by atoms with van der Waals surface area (Å²) in [6.45, 7) is 4.35. The van der Waals surface area contributed by atoms with Gasteiger partial charge in [-0.15, -0.1) is 0 Å². The van der Waals surface area contributed by atoms with Crippen LogP contribution in [-0.4, -0.2) is 48.4 Å². The molecule has 17 heavy (non-hydrogen) atoms. The first-order chi connectivity index (χ1) is 8.16. The summed E-state index contributed by atoms with van der Waals surface area (Å²) in [6.07, 6.45) is 3.59. The molecule has 2 rings (SSSR count). The molecule has 0 aromatic heterocycles. The molecule has 0 saturated carbocycles. The van der Waals surface area contributed by atoms with Crippen molar-refractivity contribution >= 4 is 11.8 Å². The molecule has 2 heterocycles. The van der Waals surface area contributed by atoms with Gasteiger partial charge in [0.2, 0.25) is 11.8 Å². The van der Waals surface area contributed by atoms with Gasteiger partial charge in [0.15, 0.2) is 0 Å². The van der Waals surface area contributed by atoms with Gasteiger partial charge in [-0.3, -0.25) is 9.59 Å². The highest BCUT2D eigenvalue weighted by Crippen LogP contribution is 2.10. The van der Waals surface area contributed by atoms with Crippen molar-refractivity contribution in [3.8, 4) is 0 Å². The topological polar surface area (TPSA) is 61.4 Å². The third-order valence-electron chi connectivity index (χ3n) is 3.43. The van der Waals surface area contributed by atoms with E-state index >= 15 is 0 Å². The Bertz CT molecular complexity index is 300. The lowest BCUT2D eigenvalue weighted by atomic mass is 10.2. The molecule has 5 heteroatoms. The minimum atomic E-state index is -0.0354. The van der Waals surface area contributed by atoms with Crippen LogP contribution in [0.3, 0.4) is 0 Å². The number of hydrogen-bond acceptors (Lipinski definition) is 3. The Balaban J connectivity index is 1.74. The van der Waals surface area contributed by atoms with Gasteiger partial charge in [0.1, 0.15) is 0 Å². The van der Waals surface area contributed by atoms with Gasteiger partial charge in [-0.1, -0.05) is 0 Å². The molecule has 0 bridgehead atoms. The fourth-order valence-corrected chi connectivity index (χ4v) is 2.53. The fraction of sp³-hybridized carbons (Fsp3) is 0.833. The molecule has 2 atom stereocenters. The van der Waals surface area contributed by atoms with Gasteiger partial charge in [0, 0.05) is 25.6 Å². The van der Waals surface area contributed by atoms with Gasteiger partial charge in [0.05, 0.1) is 6.04 Å². The molecule has 2 amide bonds. The van der Waals surface area contributed by atoms with E-state index in [1.54, 1.807) is 0 Å². The van der Waals surface area contributed by atoms with Crippen molar-refractivity contribution in [2.24, 2.45) is 0 Å². The Morgan fingerprint density at radius 3 is 3.00 bits per heavy atom. The van der Waals surface area contributed by atoms with Crippen LogP contribution in [0.25, 0.3) is 0 Å². The van der Waals surface area contributed by atoms with Crippen LogP contribution in [0, 0.1) is 0 Å². The number of nitrogens with zero attached hydrogens (tertiary/aromatic N) is 1. The SMILES string of the molecule is CC(CN1CCCC1=O)NC(=O)[C@@H]1CCCN1. The summed E-state index contributed by atoms with van der Waals surface area (Å²) in [5.74, 6) is 0.284. The second kappa shape index (κ2) is 5.49. The summed E-state index contributed by atoms with van der Waals surface area (Å²) in [4.78, 5) is 25.1. The van der Waals surface area contributed by atoms with Gasteiger partial charge in [-0.2, -0.15) is 0 Å². The minimum Gasteiger partial charge on any atom is -0.351 e. The van der Waals surface area contributed by atoms with Crippen LogP contribution in [0.1, 0.15) is 32.6 Å². The Morgan fingerprint density at radius 2 is 2.41 bits per heavy atom. The lowest BCUT2D eigenvalue weighted by molar-refractivity contribution is -0.129. The highest BCUT2D eigenvalue weighted by molar-refractivity contribution is 5.82. The number of carbonyl (C=O) groups is 2. The first kappa shape index (κ1) is 12.4. The highest BCUT2D eigenvalue weighted by Gasteiger charge is 2.25. The van der Waals surface area contributed by atoms with E-state index in [-0.39, 0.29) is 23.9 Å². The van der Waals surface area contributed by atoms with E-state index in [9.17, 15) is 9.59 Å². The van der Waals surface area contributed by atoms with Crippen LogP contribution in [0.15, 0.2) is 0 Å². The largest absolute Gasteiger partial charge is 0.351 e. The van der Waals surface area contributed by atoms with Gasteiger partial charge in [-0.05, 0) is 32.7 Å². The second-order valence-electron chi connectivity index (χ2n) is 5.00. The molecule has 0 aliphatic carbocycles. The van der Waals surface area contributed by atoms with Crippen molar-refractivity contribution in [1.29, 1.82) is 0 Å². The predicted molar refractivity (Wildman–Crippen MR) is 64.4 cm³/mol. The molecule has 2 aliphatic heterocycles. The average molecular weight is 239 g/mol. The molecular weight excluding hydrogens is 218 g/mol. The van der Waals surface area contributed by atoms with Crippen molar-refractivity contribution in [2.75, 3.05) is 19.6 Å². The third-order valence-corrected chi connectivity index (χ3v) is 3.43. The molecule has 0 radical (unpaired) electrons. The van der Waals surface area contributed by atoms with Gasteiger partial charge >= 0.3 is 0 Å². The molecule has 96 valence electrons. The zero-order valence-electron chi connectivity index (χ0n) is 10.4. The summed E-state index contributed by atoms with van der Waals surface area (Å²) in [5, 5.41) is 6.15. The zero-order chi connectivity index (χ0) is 12.3. The summed E-state index contributed by atoms with van der Waals surface area (Å²) in [5.41, 5.74) is 0. The van der Waals surface area contributed by atoms with Crippen LogP contribution in [-0.2, 0) is 9.59 Å². The molecule has 0 spiro atoms. The number of carbonyl (C=O) groups excluding carboxylic acids is 2. The normalized spacial score (nSPS) is 26.3. The molecule has 2 aliphatic rings. The van der Waals surface area contributed by atoms with E-state index in [4.69, 9.17) is 0 Å². The van der Waals surface area contributed by atoms with Crippen LogP contribution >= 0.6 is 0 Å². The summed E-state index contributed by atoms with van der Waals surface area (Å²) in [6, 6.07) is -0.00122. The molecule has 1 unspecified atom stereocenters. The van der Waals surface area contributed by atoms with Crippen molar-refractivity contribution in [3.63, 3.8) is 0 Å². The number of likely N-dealkylation sites (tertiary alicyclic amines) is 1. The van der Waals surface area contributed by atoms with E-state index in [2.05, 4.69) is 10.6 Å². The van der Waals surface area contributed by atoms with Gasteiger partial charge in [-0.25, -0.2) is 0 Å². The summed E-state index contributed by atoms with van der Waals surface area (Å²) < 4.78 is 0. The Hall–Kier alpha value is -1.10. The van der Waals surface area contributed by atoms with Crippen LogP contribution in [0.4, 0.5) is 0 Å². The maximum absolute atomic E-state index is 11.8. The Kier molecular flexibility index (Phi) is 3.99. The first-order valence-electron chi connectivity index (χ1n) is 6.48. The zero-order valence-corrected chi connectivity index (χ0v) is 10.4. The monoisotopic (exact) mass is 239 g/mol. The van der Waals surface area contributed by atoms with E-state index in [0.717, 1.165) is 32.4 Å². The standard InChI is InChI=1S/C12H21N3O2/c1-9(8-15-7-3-5-11(15)16)14-12(17)10-4-2-6-13-10/h9-10,13H,2-8H2,1H3,(H,14,17)/t9?,10-/m0/s1. The average Bonchev–Trinajstić information content (AvgIpc) is 2.90. The van der Waals surface area contributed by atoms with Crippen molar-refractivity contribution in [1.82, 2.24) is 15.5 Å². The Morgan fingerprint density at radius 1 is 1.59 bits per heavy atom. The van der Waals surface area contributed by atoms with Crippen molar-refractivity contribution in [2.45, 2.75) is 44.7 Å². The number of hydrogen-bond donors (Lipinski definition) is 2. The Labute approximate surface area is 102 Å². The van der Waals surface area contributed by atoms with Gasteiger partial charge < -0.3 is 15.5 Å². The lowest BCUT2D eigenvalue weighted by Gasteiger charge is -2.23. The maximum Gasteiger partial charge on any atom is 0.237 e. The van der Waals surface area contributed by atoms with E-state index in [1.165, 1.54) is 0 Å². The molecule has 2 N–H and O–H groups in total. The highest BCUT2D eigenvalue weighted by atomic mass is 16.2. The maximum atomic E-state index is 11.8. The molecule has 0 aromatic carbocycles. The predicted octanol–water partition coefficient (Wildman–Crippen LogP) is -0.134. The minimum absolute atomic E-state index is 0.0342. The van der Waals surface area contributed by atoms with Crippen molar-refractivity contribution in [3.05, 3.63) is 0 Å². The number of amides is 2. The molecule has 0 aromatic rings. The first-order valence-corrected chi connectivity index (χ1v) is 6.48. The van der Waals surface area contributed by atoms with Crippen LogP contribution in [0.2, 0.25) is 0 Å². The van der Waals surface area contributed by atoms with Crippen molar-refractivity contribution < 1.29 is 9.59 Å². The number of nitrogens with one attached hydrogen (secondary N) is 2. The molecular formula is C12H21N3O2. The quantitative estimate of drug-likeness (QED) is 0.718.